The summed E-state index contributed by atoms with van der Waals surface area (Å²) in [7, 11) is 0. The normalized spacial score (nSPS) is 12.7. The second-order valence-electron chi connectivity index (χ2n) is 4.49. The Hall–Kier alpha value is -2.56. The fraction of sp³-hybridized carbons (Fsp3) is 0.143. The van der Waals surface area contributed by atoms with Crippen LogP contribution < -0.4 is 4.74 Å². The Morgan fingerprint density at radius 1 is 1.21 bits per heavy atom. The Morgan fingerprint density at radius 3 is 2.89 bits per heavy atom. The Kier molecular flexibility index (Phi) is 2.03. The number of aromatic nitrogens is 3. The van der Waals surface area contributed by atoms with Gasteiger partial charge in [0.1, 0.15) is 18.6 Å². The molecule has 4 rings (SSSR count). The van der Waals surface area contributed by atoms with Crippen LogP contribution in [-0.2, 0) is 6.61 Å². The molecule has 0 aliphatic carbocycles. The lowest BCUT2D eigenvalue weighted by atomic mass is 10.1. The molecule has 94 valence electrons. The molecule has 0 unspecified atom stereocenters. The predicted molar refractivity (Wildman–Crippen MR) is 68.1 cm³/mol. The third-order valence-electron chi connectivity index (χ3n) is 3.26. The van der Waals surface area contributed by atoms with Crippen LogP contribution in [0.2, 0.25) is 0 Å². The van der Waals surface area contributed by atoms with Gasteiger partial charge in [-0.05, 0) is 19.1 Å². The molecule has 3 heterocycles. The van der Waals surface area contributed by atoms with Gasteiger partial charge in [-0.1, -0.05) is 23.4 Å². The smallest absolute Gasteiger partial charge is 0.227 e. The topological polar surface area (TPSA) is 53.1 Å². The molecule has 5 heteroatoms. The summed E-state index contributed by atoms with van der Waals surface area (Å²) in [6.45, 7) is 2.41. The highest BCUT2D eigenvalue weighted by atomic mass is 16.5. The quantitative estimate of drug-likeness (QED) is 0.669. The van der Waals surface area contributed by atoms with E-state index in [0.717, 1.165) is 34.1 Å². The highest BCUT2D eigenvalue weighted by molar-refractivity contribution is 5.72. The summed E-state index contributed by atoms with van der Waals surface area (Å²) in [6.07, 6.45) is 1.62. The lowest BCUT2D eigenvalue weighted by molar-refractivity contribution is 0.280. The summed E-state index contributed by atoms with van der Waals surface area (Å²) in [6, 6.07) is 9.91. The minimum atomic E-state index is 0.462. The molecule has 0 radical (unpaired) electrons. The molecule has 0 N–H and O–H groups in total. The maximum Gasteiger partial charge on any atom is 0.227 e. The maximum absolute atomic E-state index is 5.82. The third kappa shape index (κ3) is 1.41. The van der Waals surface area contributed by atoms with Gasteiger partial charge >= 0.3 is 0 Å². The lowest BCUT2D eigenvalue weighted by Crippen LogP contribution is -2.07. The summed E-state index contributed by atoms with van der Waals surface area (Å²) in [5, 5.41) is 8.61. The van der Waals surface area contributed by atoms with Crippen molar-refractivity contribution in [1.29, 1.82) is 0 Å². The number of hydrogen-bond acceptors (Lipinski definition) is 4. The van der Waals surface area contributed by atoms with E-state index < -0.39 is 0 Å². The van der Waals surface area contributed by atoms with Crippen LogP contribution in [0.1, 0.15) is 11.3 Å². The highest BCUT2D eigenvalue weighted by Crippen LogP contribution is 2.39. The van der Waals surface area contributed by atoms with Crippen LogP contribution in [0.3, 0.4) is 0 Å². The third-order valence-corrected chi connectivity index (χ3v) is 3.26. The van der Waals surface area contributed by atoms with E-state index in [1.807, 2.05) is 41.9 Å². The zero-order valence-corrected chi connectivity index (χ0v) is 10.3. The summed E-state index contributed by atoms with van der Waals surface area (Å²) < 4.78 is 12.7. The van der Waals surface area contributed by atoms with Crippen molar-refractivity contribution in [3.05, 3.63) is 47.9 Å². The van der Waals surface area contributed by atoms with Crippen molar-refractivity contribution >= 4 is 0 Å². The van der Waals surface area contributed by atoms with Gasteiger partial charge in [0, 0.05) is 0 Å². The van der Waals surface area contributed by atoms with Crippen LogP contribution in [0.4, 0.5) is 0 Å². The average Bonchev–Trinajstić information content (AvgIpc) is 3.04. The number of fused-ring (bicyclic) bond motifs is 3. The van der Waals surface area contributed by atoms with Crippen LogP contribution in [0.25, 0.3) is 16.9 Å². The highest BCUT2D eigenvalue weighted by Gasteiger charge is 2.28. The fourth-order valence-electron chi connectivity index (χ4n) is 2.37. The average molecular weight is 253 g/mol. The van der Waals surface area contributed by atoms with Crippen LogP contribution in [0.15, 0.2) is 41.1 Å². The van der Waals surface area contributed by atoms with Crippen LogP contribution >= 0.6 is 0 Å². The number of ether oxygens (including phenoxy) is 1. The Balaban J connectivity index is 1.97. The van der Waals surface area contributed by atoms with E-state index in [4.69, 9.17) is 9.26 Å². The molecule has 1 aromatic carbocycles. The van der Waals surface area contributed by atoms with Gasteiger partial charge in [-0.15, -0.1) is 0 Å². The second kappa shape index (κ2) is 3.71. The van der Waals surface area contributed by atoms with Crippen LogP contribution in [0, 0.1) is 6.92 Å². The molecular weight excluding hydrogens is 242 g/mol. The van der Waals surface area contributed by atoms with E-state index in [1.54, 1.807) is 6.26 Å². The maximum atomic E-state index is 5.82. The van der Waals surface area contributed by atoms with Crippen LogP contribution in [0.5, 0.6) is 5.88 Å². The summed E-state index contributed by atoms with van der Waals surface area (Å²) in [5.74, 6) is 0.727. The van der Waals surface area contributed by atoms with E-state index in [2.05, 4.69) is 10.3 Å². The molecule has 0 spiro atoms. The molecule has 1 aliphatic heterocycles. The molecule has 3 aromatic rings. The van der Waals surface area contributed by atoms with Crippen LogP contribution in [-0.4, -0.2) is 14.9 Å². The fourth-order valence-corrected chi connectivity index (χ4v) is 2.37. The molecule has 2 aromatic heterocycles. The van der Waals surface area contributed by atoms with Crippen molar-refractivity contribution in [3.63, 3.8) is 0 Å². The first kappa shape index (κ1) is 10.4. The summed E-state index contributed by atoms with van der Waals surface area (Å²) in [5.41, 5.74) is 4.57. The molecule has 19 heavy (non-hydrogen) atoms. The standard InChI is InChI=1S/C14H11N3O2/c1-9-12-13-10(8-19-16-13)7-18-14(12)17(15-9)11-5-3-2-4-6-11/h2-6,8H,7H2,1H3. The SMILES string of the molecule is Cc1nn(-c2ccccc2)c2c1-c1nocc1CO2. The van der Waals surface area contributed by atoms with Gasteiger partial charge in [0.15, 0.2) is 0 Å². The molecule has 0 amide bonds. The van der Waals surface area contributed by atoms with Crippen molar-refractivity contribution in [2.24, 2.45) is 0 Å². The monoisotopic (exact) mass is 253 g/mol. The number of nitrogens with zero attached hydrogens (tertiary/aromatic N) is 3. The molecule has 0 fully saturated rings. The number of benzene rings is 1. The number of aryl methyl sites for hydroxylation is 1. The first-order valence-electron chi connectivity index (χ1n) is 6.06. The largest absolute Gasteiger partial charge is 0.472 e. The van der Waals surface area contributed by atoms with E-state index >= 15 is 0 Å². The van der Waals surface area contributed by atoms with Gasteiger partial charge in [0.2, 0.25) is 5.88 Å². The van der Waals surface area contributed by atoms with Gasteiger partial charge < -0.3 is 9.26 Å². The van der Waals surface area contributed by atoms with Gasteiger partial charge in [0.05, 0.1) is 22.5 Å². The Bertz CT molecular complexity index is 743. The molecule has 0 atom stereocenters. The molecule has 0 bridgehead atoms. The zero-order valence-electron chi connectivity index (χ0n) is 10.3. The molecule has 5 nitrogen and oxygen atoms in total. The van der Waals surface area contributed by atoms with E-state index in [-0.39, 0.29) is 0 Å². The first-order chi connectivity index (χ1) is 9.34. The predicted octanol–water partition coefficient (Wildman–Crippen LogP) is 2.73. The zero-order chi connectivity index (χ0) is 12.8. The second-order valence-corrected chi connectivity index (χ2v) is 4.49. The summed E-state index contributed by atoms with van der Waals surface area (Å²) >= 11 is 0. The summed E-state index contributed by atoms with van der Waals surface area (Å²) in [4.78, 5) is 0. The number of hydrogen-bond donors (Lipinski definition) is 0. The van der Waals surface area contributed by atoms with Crippen molar-refractivity contribution in [3.8, 4) is 22.8 Å². The minimum absolute atomic E-state index is 0.462. The molecule has 0 saturated carbocycles. The minimum Gasteiger partial charge on any atom is -0.472 e. The number of rotatable bonds is 1. The molecular formula is C14H11N3O2. The van der Waals surface area contributed by atoms with Gasteiger partial charge in [0.25, 0.3) is 0 Å². The van der Waals surface area contributed by atoms with E-state index in [0.29, 0.717) is 6.61 Å². The Morgan fingerprint density at radius 2 is 2.05 bits per heavy atom. The number of para-hydroxylation sites is 1. The van der Waals surface area contributed by atoms with Gasteiger partial charge in [-0.25, -0.2) is 4.68 Å². The van der Waals surface area contributed by atoms with Crippen molar-refractivity contribution in [2.45, 2.75) is 13.5 Å². The van der Waals surface area contributed by atoms with E-state index in [1.165, 1.54) is 0 Å². The van der Waals surface area contributed by atoms with Crippen molar-refractivity contribution in [2.75, 3.05) is 0 Å². The molecule has 1 aliphatic rings. The van der Waals surface area contributed by atoms with E-state index in [9.17, 15) is 0 Å². The van der Waals surface area contributed by atoms with Gasteiger partial charge in [-0.3, -0.25) is 0 Å². The molecule has 0 saturated heterocycles. The van der Waals surface area contributed by atoms with Crippen molar-refractivity contribution < 1.29 is 9.26 Å². The first-order valence-corrected chi connectivity index (χ1v) is 6.06. The van der Waals surface area contributed by atoms with Gasteiger partial charge in [-0.2, -0.15) is 5.10 Å². The van der Waals surface area contributed by atoms with Crippen molar-refractivity contribution in [1.82, 2.24) is 14.9 Å². The Labute approximate surface area is 109 Å². The lowest BCUT2D eigenvalue weighted by Gasteiger charge is -2.14.